The number of halogens is 1. The van der Waals surface area contributed by atoms with Crippen molar-refractivity contribution in [3.05, 3.63) is 41.3 Å². The molecular formula is C11H9FN2S. The molecule has 0 atom stereocenters. The van der Waals surface area contributed by atoms with Gasteiger partial charge in [-0.25, -0.2) is 14.4 Å². The second-order valence-corrected chi connectivity index (χ2v) is 4.12. The van der Waals surface area contributed by atoms with Gasteiger partial charge in [-0.05, 0) is 31.2 Å². The van der Waals surface area contributed by atoms with E-state index in [0.717, 1.165) is 9.75 Å². The molecular weight excluding hydrogens is 211 g/mol. The highest BCUT2D eigenvalue weighted by molar-refractivity contribution is 7.16. The molecule has 0 aliphatic carbocycles. The van der Waals surface area contributed by atoms with Gasteiger partial charge in [-0.3, -0.25) is 0 Å². The van der Waals surface area contributed by atoms with Crippen molar-refractivity contribution in [3.8, 4) is 10.7 Å². The van der Waals surface area contributed by atoms with Crippen molar-refractivity contribution in [1.29, 1.82) is 0 Å². The molecule has 0 unspecified atom stereocenters. The number of aromatic nitrogens is 2. The average molecular weight is 220 g/mol. The fourth-order valence-electron chi connectivity index (χ4n) is 1.17. The Labute approximate surface area is 91.1 Å². The summed E-state index contributed by atoms with van der Waals surface area (Å²) in [5.41, 5.74) is 0. The van der Waals surface area contributed by atoms with Crippen LogP contribution >= 0.6 is 11.3 Å². The van der Waals surface area contributed by atoms with E-state index >= 15 is 0 Å². The first kappa shape index (κ1) is 9.98. The summed E-state index contributed by atoms with van der Waals surface area (Å²) in [4.78, 5) is 10.1. The van der Waals surface area contributed by atoms with E-state index in [0.29, 0.717) is 5.82 Å². The van der Waals surface area contributed by atoms with Gasteiger partial charge in [0.15, 0.2) is 5.82 Å². The maximum Gasteiger partial charge on any atom is 0.169 e. The van der Waals surface area contributed by atoms with Crippen LogP contribution in [0.25, 0.3) is 16.8 Å². The van der Waals surface area contributed by atoms with Crippen LogP contribution in [0.5, 0.6) is 0 Å². The Bertz CT molecular complexity index is 472. The van der Waals surface area contributed by atoms with Crippen LogP contribution in [0.2, 0.25) is 0 Å². The number of rotatable bonds is 2. The lowest BCUT2D eigenvalue weighted by molar-refractivity contribution is 0.648. The molecule has 0 saturated carbocycles. The predicted octanol–water partition coefficient (Wildman–Crippen LogP) is 3.54. The molecule has 2 nitrogen and oxygen atoms in total. The lowest BCUT2D eigenvalue weighted by Gasteiger charge is -1.91. The molecule has 15 heavy (non-hydrogen) atoms. The monoisotopic (exact) mass is 220 g/mol. The number of thiophene rings is 1. The van der Waals surface area contributed by atoms with Crippen molar-refractivity contribution in [3.63, 3.8) is 0 Å². The third-order valence-electron chi connectivity index (χ3n) is 1.75. The van der Waals surface area contributed by atoms with E-state index in [1.165, 1.54) is 24.3 Å². The van der Waals surface area contributed by atoms with E-state index < -0.39 is 0 Å². The van der Waals surface area contributed by atoms with Gasteiger partial charge in [0.1, 0.15) is 0 Å². The van der Waals surface area contributed by atoms with Crippen LogP contribution in [-0.4, -0.2) is 9.97 Å². The van der Waals surface area contributed by atoms with Gasteiger partial charge >= 0.3 is 0 Å². The van der Waals surface area contributed by atoms with Gasteiger partial charge in [0, 0.05) is 17.3 Å². The Morgan fingerprint density at radius 2 is 2.07 bits per heavy atom. The summed E-state index contributed by atoms with van der Waals surface area (Å²) in [6.45, 7) is 1.43. The van der Waals surface area contributed by atoms with E-state index in [1.54, 1.807) is 18.5 Å². The van der Waals surface area contributed by atoms with Crippen LogP contribution in [0.15, 0.2) is 36.4 Å². The molecule has 0 radical (unpaired) electrons. The summed E-state index contributed by atoms with van der Waals surface area (Å²) in [6.07, 6.45) is 4.88. The van der Waals surface area contributed by atoms with Crippen LogP contribution in [0.1, 0.15) is 11.8 Å². The largest absolute Gasteiger partial charge is 0.236 e. The molecule has 0 N–H and O–H groups in total. The Hall–Kier alpha value is -1.55. The van der Waals surface area contributed by atoms with Gasteiger partial charge < -0.3 is 0 Å². The smallest absolute Gasteiger partial charge is 0.169 e. The molecule has 76 valence electrons. The third kappa shape index (κ3) is 2.47. The number of hydrogen-bond donors (Lipinski definition) is 0. The van der Waals surface area contributed by atoms with E-state index in [2.05, 4.69) is 9.97 Å². The zero-order valence-electron chi connectivity index (χ0n) is 8.14. The minimum absolute atomic E-state index is 0.197. The molecule has 0 fully saturated rings. The lowest BCUT2D eigenvalue weighted by Crippen LogP contribution is -1.81. The molecule has 0 spiro atoms. The van der Waals surface area contributed by atoms with Crippen molar-refractivity contribution < 1.29 is 4.39 Å². The zero-order chi connectivity index (χ0) is 10.7. The second kappa shape index (κ2) is 4.31. The maximum absolute atomic E-state index is 12.6. The van der Waals surface area contributed by atoms with Gasteiger partial charge in [0.2, 0.25) is 0 Å². The van der Waals surface area contributed by atoms with Crippen LogP contribution in [-0.2, 0) is 0 Å². The summed E-state index contributed by atoms with van der Waals surface area (Å²) in [5.74, 6) is 0.482. The summed E-state index contributed by atoms with van der Waals surface area (Å²) in [6, 6.07) is 5.53. The van der Waals surface area contributed by atoms with E-state index in [1.807, 2.05) is 12.1 Å². The summed E-state index contributed by atoms with van der Waals surface area (Å²) >= 11 is 1.47. The van der Waals surface area contributed by atoms with Crippen molar-refractivity contribution >= 4 is 17.4 Å². The van der Waals surface area contributed by atoms with Gasteiger partial charge in [-0.2, -0.15) is 0 Å². The topological polar surface area (TPSA) is 25.8 Å². The third-order valence-corrected chi connectivity index (χ3v) is 2.78. The van der Waals surface area contributed by atoms with Crippen molar-refractivity contribution in [2.24, 2.45) is 0 Å². The highest BCUT2D eigenvalue weighted by Crippen LogP contribution is 2.26. The summed E-state index contributed by atoms with van der Waals surface area (Å²) < 4.78 is 12.6. The zero-order valence-corrected chi connectivity index (χ0v) is 8.96. The fraction of sp³-hybridized carbons (Fsp3) is 0.0909. The molecule has 2 rings (SSSR count). The molecule has 2 aromatic heterocycles. The van der Waals surface area contributed by atoms with Crippen molar-refractivity contribution in [2.75, 3.05) is 0 Å². The van der Waals surface area contributed by atoms with E-state index in [4.69, 9.17) is 0 Å². The van der Waals surface area contributed by atoms with Crippen molar-refractivity contribution in [1.82, 2.24) is 9.97 Å². The highest BCUT2D eigenvalue weighted by atomic mass is 32.1. The van der Waals surface area contributed by atoms with Gasteiger partial charge in [0.25, 0.3) is 0 Å². The highest BCUT2D eigenvalue weighted by Gasteiger charge is 2.03. The molecule has 2 aromatic rings. The summed E-state index contributed by atoms with van der Waals surface area (Å²) in [7, 11) is 0. The minimum Gasteiger partial charge on any atom is -0.236 e. The lowest BCUT2D eigenvalue weighted by atomic mass is 10.4. The SMILES string of the molecule is C/C(F)=C/c1ccc(-c2ncccn2)s1. The first-order valence-corrected chi connectivity index (χ1v) is 5.28. The molecule has 2 heterocycles. The average Bonchev–Trinajstić information content (AvgIpc) is 2.67. The standard InChI is InChI=1S/C11H9FN2S/c1-8(12)7-9-3-4-10(15-9)11-13-5-2-6-14-11/h2-7H,1H3/b8-7-. The normalized spacial score (nSPS) is 11.7. The summed E-state index contributed by atoms with van der Waals surface area (Å²) in [5, 5.41) is 0. The predicted molar refractivity (Wildman–Crippen MR) is 60.1 cm³/mol. The van der Waals surface area contributed by atoms with E-state index in [-0.39, 0.29) is 5.83 Å². The van der Waals surface area contributed by atoms with Crippen LogP contribution in [0.4, 0.5) is 4.39 Å². The first-order valence-electron chi connectivity index (χ1n) is 4.47. The fourth-order valence-corrected chi connectivity index (χ4v) is 2.12. The van der Waals surface area contributed by atoms with Gasteiger partial charge in [-0.15, -0.1) is 11.3 Å². The van der Waals surface area contributed by atoms with Crippen LogP contribution < -0.4 is 0 Å². The molecule has 4 heteroatoms. The Balaban J connectivity index is 2.32. The number of allylic oxidation sites excluding steroid dienone is 1. The molecule has 0 aliphatic rings. The Kier molecular flexibility index (Phi) is 2.87. The maximum atomic E-state index is 12.6. The quantitative estimate of drug-likeness (QED) is 0.773. The van der Waals surface area contributed by atoms with Crippen LogP contribution in [0.3, 0.4) is 0 Å². The van der Waals surface area contributed by atoms with Crippen molar-refractivity contribution in [2.45, 2.75) is 6.92 Å². The minimum atomic E-state index is -0.197. The molecule has 0 amide bonds. The molecule has 0 aliphatic heterocycles. The Morgan fingerprint density at radius 1 is 1.33 bits per heavy atom. The molecule has 0 bridgehead atoms. The number of hydrogen-bond acceptors (Lipinski definition) is 3. The second-order valence-electron chi connectivity index (χ2n) is 3.01. The molecule has 0 saturated heterocycles. The van der Waals surface area contributed by atoms with Gasteiger partial charge in [-0.1, -0.05) is 0 Å². The van der Waals surface area contributed by atoms with E-state index in [9.17, 15) is 4.39 Å². The Morgan fingerprint density at radius 3 is 2.73 bits per heavy atom. The first-order chi connectivity index (χ1) is 7.25. The number of nitrogens with zero attached hydrogens (tertiary/aromatic N) is 2. The van der Waals surface area contributed by atoms with Crippen LogP contribution in [0, 0.1) is 0 Å². The molecule has 0 aromatic carbocycles. The van der Waals surface area contributed by atoms with Gasteiger partial charge in [0.05, 0.1) is 10.7 Å².